The molecule has 4 heterocycles. The number of carboxylic acid groups (broad SMARTS) is 1. The smallest absolute Gasteiger partial charge is 0.353 e. The van der Waals surface area contributed by atoms with Crippen LogP contribution in [-0.2, 0) is 9.59 Å². The number of hydrogen-bond donors (Lipinski definition) is 3. The van der Waals surface area contributed by atoms with E-state index in [4.69, 9.17) is 0 Å². The molecule has 0 unspecified atom stereocenters. The average molecular weight is 408 g/mol. The number of aromatic nitrogens is 1. The largest absolute Gasteiger partial charge is 0.477 e. The number of aliphatic carboxylic acids is 1. The fourth-order valence-electron chi connectivity index (χ4n) is 4.07. The van der Waals surface area contributed by atoms with Gasteiger partial charge in [0.25, 0.3) is 0 Å². The molecule has 1 amide bonds. The topological polar surface area (TPSA) is 103 Å². The number of aliphatic hydroxyl groups excluding tert-OH is 1. The summed E-state index contributed by atoms with van der Waals surface area (Å²) in [5.41, 5.74) is 2.08. The third-order valence-corrected chi connectivity index (χ3v) is 7.61. The van der Waals surface area contributed by atoms with Gasteiger partial charge in [0.05, 0.1) is 23.8 Å². The van der Waals surface area contributed by atoms with Crippen LogP contribution in [-0.4, -0.2) is 56.7 Å². The molecule has 27 heavy (non-hydrogen) atoms. The van der Waals surface area contributed by atoms with Crippen molar-refractivity contribution in [3.8, 4) is 0 Å². The third-order valence-electron chi connectivity index (χ3n) is 5.39. The van der Waals surface area contributed by atoms with Crippen molar-refractivity contribution in [2.75, 3.05) is 6.54 Å². The Labute approximate surface area is 165 Å². The lowest BCUT2D eigenvalue weighted by molar-refractivity contribution is -0.163. The number of nitrogens with zero attached hydrogens (tertiary/aromatic N) is 2. The number of amides is 1. The highest BCUT2D eigenvalue weighted by Crippen LogP contribution is 2.52. The summed E-state index contributed by atoms with van der Waals surface area (Å²) in [5.74, 6) is -2.13. The van der Waals surface area contributed by atoms with E-state index in [1.807, 2.05) is 12.3 Å². The van der Waals surface area contributed by atoms with Crippen LogP contribution in [0.2, 0.25) is 0 Å². The van der Waals surface area contributed by atoms with Crippen LogP contribution in [0.25, 0.3) is 5.57 Å². The monoisotopic (exact) mass is 407 g/mol. The Bertz CT molecular complexity index is 876. The van der Waals surface area contributed by atoms with Crippen LogP contribution in [0.1, 0.15) is 26.5 Å². The molecule has 1 aromatic rings. The second-order valence-corrected chi connectivity index (χ2v) is 9.38. The predicted molar refractivity (Wildman–Crippen MR) is 103 cm³/mol. The van der Waals surface area contributed by atoms with E-state index in [2.05, 4.69) is 23.3 Å². The van der Waals surface area contributed by atoms with E-state index in [1.54, 1.807) is 6.92 Å². The SMILES string of the molecule is C[C@@H]1C=C(c2csc(SC3=C(C(=O)O)N4C(=O)[C@H]([C@@H](C)O)[C@H]4[C@H]3C)n2)CN1. The zero-order valence-electron chi connectivity index (χ0n) is 15.2. The molecule has 1 fully saturated rings. The minimum atomic E-state index is -1.11. The van der Waals surface area contributed by atoms with Crippen molar-refractivity contribution in [2.45, 2.75) is 43.3 Å². The first-order valence-corrected chi connectivity index (χ1v) is 10.6. The first-order chi connectivity index (χ1) is 12.8. The quantitative estimate of drug-likeness (QED) is 0.639. The van der Waals surface area contributed by atoms with E-state index in [9.17, 15) is 19.8 Å². The minimum Gasteiger partial charge on any atom is -0.477 e. The molecular weight excluding hydrogens is 386 g/mol. The van der Waals surface area contributed by atoms with Crippen LogP contribution in [0.3, 0.4) is 0 Å². The molecule has 0 aliphatic carbocycles. The Morgan fingerprint density at radius 2 is 2.22 bits per heavy atom. The first-order valence-electron chi connectivity index (χ1n) is 8.86. The first kappa shape index (κ1) is 18.7. The number of thioether (sulfide) groups is 1. The van der Waals surface area contributed by atoms with Crippen molar-refractivity contribution in [3.05, 3.63) is 27.8 Å². The number of aliphatic hydroxyl groups is 1. The van der Waals surface area contributed by atoms with Gasteiger partial charge in [0.15, 0.2) is 4.34 Å². The summed E-state index contributed by atoms with van der Waals surface area (Å²) in [6.07, 6.45) is 1.34. The van der Waals surface area contributed by atoms with Gasteiger partial charge in [-0.15, -0.1) is 11.3 Å². The van der Waals surface area contributed by atoms with Gasteiger partial charge in [-0.05, 0) is 19.4 Å². The van der Waals surface area contributed by atoms with E-state index in [0.717, 1.165) is 22.2 Å². The van der Waals surface area contributed by atoms with E-state index in [1.165, 1.54) is 28.0 Å². The molecule has 7 nitrogen and oxygen atoms in total. The summed E-state index contributed by atoms with van der Waals surface area (Å²) in [6, 6.07) is 0.0222. The van der Waals surface area contributed by atoms with Gasteiger partial charge in [0, 0.05) is 28.8 Å². The van der Waals surface area contributed by atoms with Crippen molar-refractivity contribution in [1.82, 2.24) is 15.2 Å². The Hall–Kier alpha value is -1.68. The predicted octanol–water partition coefficient (Wildman–Crippen LogP) is 1.76. The number of rotatable bonds is 5. The lowest BCUT2D eigenvalue weighted by Gasteiger charge is -2.46. The summed E-state index contributed by atoms with van der Waals surface area (Å²) in [4.78, 5) is 30.9. The van der Waals surface area contributed by atoms with Gasteiger partial charge in [0.2, 0.25) is 5.91 Å². The maximum absolute atomic E-state index is 12.4. The minimum absolute atomic E-state index is 0.0338. The molecule has 3 N–H and O–H groups in total. The molecule has 144 valence electrons. The van der Waals surface area contributed by atoms with Gasteiger partial charge in [-0.3, -0.25) is 4.79 Å². The molecule has 4 rings (SSSR count). The summed E-state index contributed by atoms with van der Waals surface area (Å²) in [5, 5.41) is 24.9. The fourth-order valence-corrected chi connectivity index (χ4v) is 6.18. The molecule has 0 bridgehead atoms. The molecule has 0 spiro atoms. The van der Waals surface area contributed by atoms with Crippen LogP contribution in [0.5, 0.6) is 0 Å². The third kappa shape index (κ3) is 2.93. The molecule has 1 aromatic heterocycles. The highest BCUT2D eigenvalue weighted by atomic mass is 32.2. The van der Waals surface area contributed by atoms with E-state index >= 15 is 0 Å². The number of fused-ring (bicyclic) bond motifs is 1. The Balaban J connectivity index is 1.62. The maximum Gasteiger partial charge on any atom is 0.353 e. The molecule has 9 heteroatoms. The number of carbonyl (C=O) groups excluding carboxylic acids is 1. The lowest BCUT2D eigenvalue weighted by Crippen LogP contribution is -2.63. The second-order valence-electron chi connectivity index (χ2n) is 7.23. The Morgan fingerprint density at radius 1 is 1.48 bits per heavy atom. The number of hydrogen-bond acceptors (Lipinski definition) is 7. The van der Waals surface area contributed by atoms with Crippen LogP contribution in [0.4, 0.5) is 0 Å². The lowest BCUT2D eigenvalue weighted by atomic mass is 9.79. The van der Waals surface area contributed by atoms with Gasteiger partial charge < -0.3 is 20.4 Å². The van der Waals surface area contributed by atoms with E-state index in [-0.39, 0.29) is 23.6 Å². The van der Waals surface area contributed by atoms with E-state index < -0.39 is 18.0 Å². The summed E-state index contributed by atoms with van der Waals surface area (Å²) in [6.45, 7) is 6.35. The molecule has 1 saturated heterocycles. The Kier molecular flexibility index (Phi) is 4.66. The van der Waals surface area contributed by atoms with Gasteiger partial charge >= 0.3 is 5.97 Å². The second kappa shape index (κ2) is 6.73. The molecule has 0 radical (unpaired) electrons. The van der Waals surface area contributed by atoms with Crippen molar-refractivity contribution < 1.29 is 19.8 Å². The van der Waals surface area contributed by atoms with Crippen LogP contribution in [0, 0.1) is 11.8 Å². The fraction of sp³-hybridized carbons (Fsp3) is 0.500. The molecule has 3 aliphatic rings. The number of thiazole rings is 1. The number of carbonyl (C=O) groups is 2. The number of carboxylic acids is 1. The van der Waals surface area contributed by atoms with Gasteiger partial charge in [-0.25, -0.2) is 9.78 Å². The van der Waals surface area contributed by atoms with Gasteiger partial charge in [-0.1, -0.05) is 24.8 Å². The number of β-lactam (4-membered cyclic amide) rings is 1. The molecular formula is C18H21N3O4S2. The molecule has 5 atom stereocenters. The van der Waals surface area contributed by atoms with Crippen LogP contribution < -0.4 is 5.32 Å². The normalized spacial score (nSPS) is 31.0. The van der Waals surface area contributed by atoms with Crippen molar-refractivity contribution in [2.24, 2.45) is 11.8 Å². The van der Waals surface area contributed by atoms with Crippen molar-refractivity contribution >= 4 is 40.5 Å². The van der Waals surface area contributed by atoms with Crippen molar-refractivity contribution in [1.29, 1.82) is 0 Å². The zero-order valence-corrected chi connectivity index (χ0v) is 16.8. The van der Waals surface area contributed by atoms with Crippen molar-refractivity contribution in [3.63, 3.8) is 0 Å². The van der Waals surface area contributed by atoms with Gasteiger partial charge in [-0.2, -0.15) is 0 Å². The standard InChI is InChI=1S/C18H21N3O4S2/c1-7-4-10(5-19-7)11-6-26-18(20-11)27-15-8(2)13-12(9(3)22)16(23)21(13)14(15)17(24)25/h4,6-9,12-13,19,22H,5H2,1-3H3,(H,24,25)/t7-,8-,9-,12-,13-/m1/s1. The molecule has 3 aliphatic heterocycles. The zero-order chi connectivity index (χ0) is 19.5. The van der Waals surface area contributed by atoms with Gasteiger partial charge in [0.1, 0.15) is 5.70 Å². The van der Waals surface area contributed by atoms with Crippen LogP contribution in [0.15, 0.2) is 26.4 Å². The highest BCUT2D eigenvalue weighted by molar-refractivity contribution is 8.04. The summed E-state index contributed by atoms with van der Waals surface area (Å²) >= 11 is 2.80. The average Bonchev–Trinajstić information content (AvgIpc) is 3.27. The van der Waals surface area contributed by atoms with E-state index in [0.29, 0.717) is 10.9 Å². The van der Waals surface area contributed by atoms with Crippen LogP contribution >= 0.6 is 23.1 Å². The molecule has 0 aromatic carbocycles. The molecule has 0 saturated carbocycles. The number of nitrogens with one attached hydrogen (secondary N) is 1. The maximum atomic E-state index is 12.4. The summed E-state index contributed by atoms with van der Waals surface area (Å²) < 4.78 is 0.759. The summed E-state index contributed by atoms with van der Waals surface area (Å²) in [7, 11) is 0. The highest BCUT2D eigenvalue weighted by Gasteiger charge is 2.60. The Morgan fingerprint density at radius 3 is 2.81 bits per heavy atom.